The lowest BCUT2D eigenvalue weighted by atomic mass is 9.96. The molecule has 1 amide bonds. The first-order chi connectivity index (χ1) is 11.6. The molecule has 24 heavy (non-hydrogen) atoms. The van der Waals surface area contributed by atoms with E-state index in [1.807, 2.05) is 18.2 Å². The molecule has 2 aromatic heterocycles. The van der Waals surface area contributed by atoms with Gasteiger partial charge in [-0.25, -0.2) is 4.79 Å². The number of hydrogen-bond acceptors (Lipinski definition) is 4. The number of amides is 1. The molecule has 1 aliphatic heterocycles. The molecule has 3 heterocycles. The Labute approximate surface area is 138 Å². The van der Waals surface area contributed by atoms with Gasteiger partial charge in [0.2, 0.25) is 0 Å². The predicted octanol–water partition coefficient (Wildman–Crippen LogP) is 1.09. The molecule has 3 rings (SSSR count). The van der Waals surface area contributed by atoms with Crippen molar-refractivity contribution in [2.75, 3.05) is 6.54 Å². The topological polar surface area (TPSA) is 98.9 Å². The molecular weight excluding hydrogens is 308 g/mol. The van der Waals surface area contributed by atoms with Crippen LogP contribution in [-0.2, 0) is 6.42 Å². The molecule has 1 fully saturated rings. The van der Waals surface area contributed by atoms with E-state index in [1.165, 1.54) is 0 Å². The molecule has 0 spiro atoms. The van der Waals surface area contributed by atoms with E-state index in [9.17, 15) is 14.4 Å². The van der Waals surface area contributed by atoms with E-state index in [0.29, 0.717) is 6.54 Å². The molecule has 0 radical (unpaired) electrons. The van der Waals surface area contributed by atoms with Crippen LogP contribution in [0, 0.1) is 0 Å². The number of rotatable bonds is 4. The minimum absolute atomic E-state index is 0.0495. The Balaban J connectivity index is 1.75. The summed E-state index contributed by atoms with van der Waals surface area (Å²) in [5.74, 6) is -0.288. The van der Waals surface area contributed by atoms with Crippen molar-refractivity contribution in [3.63, 3.8) is 0 Å². The first-order valence-corrected chi connectivity index (χ1v) is 8.18. The van der Waals surface area contributed by atoms with E-state index in [0.717, 1.165) is 43.9 Å². The summed E-state index contributed by atoms with van der Waals surface area (Å²) in [6.07, 6.45) is 6.30. The summed E-state index contributed by atoms with van der Waals surface area (Å²) in [7, 11) is 0. The largest absolute Gasteiger partial charge is 0.334 e. The lowest BCUT2D eigenvalue weighted by Gasteiger charge is -2.35. The number of hydrogen-bond donors (Lipinski definition) is 2. The highest BCUT2D eigenvalue weighted by Crippen LogP contribution is 2.22. The number of H-pyrrole nitrogens is 2. The van der Waals surface area contributed by atoms with Crippen LogP contribution in [-0.4, -0.2) is 38.3 Å². The average molecular weight is 328 g/mol. The highest BCUT2D eigenvalue weighted by molar-refractivity contribution is 5.92. The van der Waals surface area contributed by atoms with E-state index in [4.69, 9.17) is 0 Å². The van der Waals surface area contributed by atoms with Crippen LogP contribution in [0.2, 0.25) is 0 Å². The third-order valence-corrected chi connectivity index (χ3v) is 4.34. The second kappa shape index (κ2) is 7.25. The summed E-state index contributed by atoms with van der Waals surface area (Å²) < 4.78 is 0. The maximum atomic E-state index is 12.7. The van der Waals surface area contributed by atoms with Crippen molar-refractivity contribution in [3.8, 4) is 0 Å². The van der Waals surface area contributed by atoms with E-state index in [2.05, 4.69) is 15.0 Å². The van der Waals surface area contributed by atoms with Crippen LogP contribution in [0.5, 0.6) is 0 Å². The number of carbonyl (C=O) groups is 1. The molecule has 2 aromatic rings. The smallest absolute Gasteiger partial charge is 0.326 e. The lowest BCUT2D eigenvalue weighted by Crippen LogP contribution is -2.45. The third-order valence-electron chi connectivity index (χ3n) is 4.34. The van der Waals surface area contributed by atoms with Crippen LogP contribution in [0.1, 0.15) is 41.9 Å². The number of carbonyl (C=O) groups excluding carboxylic acids is 1. The first-order valence-electron chi connectivity index (χ1n) is 8.18. The number of pyridine rings is 1. The molecule has 1 aliphatic rings. The van der Waals surface area contributed by atoms with Crippen molar-refractivity contribution >= 4 is 5.91 Å². The van der Waals surface area contributed by atoms with Gasteiger partial charge in [0.25, 0.3) is 11.5 Å². The average Bonchev–Trinajstić information content (AvgIpc) is 2.59. The molecule has 0 unspecified atom stereocenters. The van der Waals surface area contributed by atoms with Gasteiger partial charge in [0.15, 0.2) is 0 Å². The van der Waals surface area contributed by atoms with Crippen LogP contribution < -0.4 is 11.2 Å². The van der Waals surface area contributed by atoms with Gasteiger partial charge >= 0.3 is 5.69 Å². The standard InChI is InChI=1S/C17H20N4O3/c22-15-11-14(19-17(24)20-15)16(23)21-10-4-2-6-13(21)8-7-12-5-1-3-9-18-12/h1,3,5,9,11,13H,2,4,6-8,10H2,(H2,19,20,22,24)/t13-/m1/s1. The molecule has 2 N–H and O–H groups in total. The third kappa shape index (κ3) is 3.79. The van der Waals surface area contributed by atoms with Gasteiger partial charge < -0.3 is 9.88 Å². The quantitative estimate of drug-likeness (QED) is 0.877. The van der Waals surface area contributed by atoms with Gasteiger partial charge in [-0.2, -0.15) is 0 Å². The summed E-state index contributed by atoms with van der Waals surface area (Å²) in [4.78, 5) is 46.1. The van der Waals surface area contributed by atoms with Crippen LogP contribution in [0.25, 0.3) is 0 Å². The number of likely N-dealkylation sites (tertiary alicyclic amines) is 1. The summed E-state index contributed by atoms with van der Waals surface area (Å²) in [5.41, 5.74) is -0.175. The van der Waals surface area contributed by atoms with Crippen molar-refractivity contribution < 1.29 is 4.79 Å². The molecular formula is C17H20N4O3. The minimum atomic E-state index is -0.659. The zero-order chi connectivity index (χ0) is 16.9. The maximum Gasteiger partial charge on any atom is 0.326 e. The zero-order valence-corrected chi connectivity index (χ0v) is 13.3. The van der Waals surface area contributed by atoms with Crippen molar-refractivity contribution in [3.05, 3.63) is 62.7 Å². The van der Waals surface area contributed by atoms with E-state index in [-0.39, 0.29) is 17.6 Å². The molecule has 7 nitrogen and oxygen atoms in total. The number of aromatic nitrogens is 3. The summed E-state index contributed by atoms with van der Waals surface area (Å²) in [6.45, 7) is 0.639. The van der Waals surface area contributed by atoms with E-state index in [1.54, 1.807) is 11.1 Å². The maximum absolute atomic E-state index is 12.7. The molecule has 1 atom stereocenters. The highest BCUT2D eigenvalue weighted by Gasteiger charge is 2.28. The number of nitrogens with one attached hydrogen (secondary N) is 2. The number of aromatic amines is 2. The van der Waals surface area contributed by atoms with Crippen LogP contribution >= 0.6 is 0 Å². The highest BCUT2D eigenvalue weighted by atomic mass is 16.2. The van der Waals surface area contributed by atoms with Crippen LogP contribution in [0.4, 0.5) is 0 Å². The Morgan fingerprint density at radius 3 is 2.88 bits per heavy atom. The molecule has 0 aromatic carbocycles. The van der Waals surface area contributed by atoms with Gasteiger partial charge in [0.1, 0.15) is 5.69 Å². The Hall–Kier alpha value is -2.70. The summed E-state index contributed by atoms with van der Waals surface area (Å²) in [6, 6.07) is 7.05. The molecule has 0 aliphatic carbocycles. The lowest BCUT2D eigenvalue weighted by molar-refractivity contribution is 0.0594. The number of aryl methyl sites for hydroxylation is 1. The Morgan fingerprint density at radius 1 is 1.25 bits per heavy atom. The normalized spacial score (nSPS) is 17.7. The fraction of sp³-hybridized carbons (Fsp3) is 0.412. The van der Waals surface area contributed by atoms with Gasteiger partial charge in [-0.3, -0.25) is 19.6 Å². The fourth-order valence-electron chi connectivity index (χ4n) is 3.17. The van der Waals surface area contributed by atoms with Crippen molar-refractivity contribution in [2.45, 2.75) is 38.1 Å². The Bertz CT molecular complexity index is 784. The van der Waals surface area contributed by atoms with Gasteiger partial charge in [-0.15, -0.1) is 0 Å². The number of piperidine rings is 1. The van der Waals surface area contributed by atoms with Crippen molar-refractivity contribution in [1.29, 1.82) is 0 Å². The van der Waals surface area contributed by atoms with Crippen molar-refractivity contribution in [1.82, 2.24) is 19.9 Å². The second-order valence-corrected chi connectivity index (χ2v) is 6.01. The summed E-state index contributed by atoms with van der Waals surface area (Å²) >= 11 is 0. The molecule has 0 bridgehead atoms. The minimum Gasteiger partial charge on any atom is -0.334 e. The molecule has 1 saturated heterocycles. The SMILES string of the molecule is O=C(c1cc(=O)[nH]c(=O)[nH]1)N1CCCC[C@@H]1CCc1ccccn1. The second-order valence-electron chi connectivity index (χ2n) is 6.01. The predicted molar refractivity (Wildman–Crippen MR) is 88.9 cm³/mol. The van der Waals surface area contributed by atoms with Gasteiger partial charge in [-0.1, -0.05) is 6.07 Å². The summed E-state index contributed by atoms with van der Waals surface area (Å²) in [5, 5.41) is 0. The molecule has 0 saturated carbocycles. The van der Waals surface area contributed by atoms with Crippen LogP contribution in [0.3, 0.4) is 0 Å². The zero-order valence-electron chi connectivity index (χ0n) is 13.3. The first kappa shape index (κ1) is 16.2. The fourth-order valence-corrected chi connectivity index (χ4v) is 3.17. The van der Waals surface area contributed by atoms with Gasteiger partial charge in [0.05, 0.1) is 0 Å². The van der Waals surface area contributed by atoms with Gasteiger partial charge in [0, 0.05) is 30.5 Å². The van der Waals surface area contributed by atoms with Crippen molar-refractivity contribution in [2.24, 2.45) is 0 Å². The van der Waals surface area contributed by atoms with Gasteiger partial charge in [-0.05, 0) is 44.2 Å². The van der Waals surface area contributed by atoms with E-state index < -0.39 is 11.2 Å². The number of nitrogens with zero attached hydrogens (tertiary/aromatic N) is 2. The molecule has 126 valence electrons. The Kier molecular flexibility index (Phi) is 4.88. The van der Waals surface area contributed by atoms with E-state index >= 15 is 0 Å². The monoisotopic (exact) mass is 328 g/mol. The molecule has 7 heteroatoms. The Morgan fingerprint density at radius 2 is 2.12 bits per heavy atom. The van der Waals surface area contributed by atoms with Crippen LogP contribution in [0.15, 0.2) is 40.1 Å².